The number of nitrogens with zero attached hydrogens (tertiary/aromatic N) is 3. The third-order valence-electron chi connectivity index (χ3n) is 6.83. The Morgan fingerprint density at radius 2 is 1.81 bits per heavy atom. The van der Waals surface area contributed by atoms with Gasteiger partial charge in [-0.3, -0.25) is 9.59 Å². The van der Waals surface area contributed by atoms with Gasteiger partial charge in [0.15, 0.2) is 5.89 Å². The smallest absolute Gasteiger partial charge is 0.291 e. The van der Waals surface area contributed by atoms with Gasteiger partial charge in [0, 0.05) is 39.0 Å². The Hall–Kier alpha value is -2.63. The van der Waals surface area contributed by atoms with E-state index in [0.717, 1.165) is 51.6 Å². The van der Waals surface area contributed by atoms with Crippen LogP contribution in [0.3, 0.4) is 0 Å². The zero-order valence-electron chi connectivity index (χ0n) is 18.7. The van der Waals surface area contributed by atoms with Crippen molar-refractivity contribution < 1.29 is 14.0 Å². The fourth-order valence-electron chi connectivity index (χ4n) is 5.08. The summed E-state index contributed by atoms with van der Waals surface area (Å²) < 4.78 is 5.52. The monoisotopic (exact) mass is 423 g/mol. The van der Waals surface area contributed by atoms with E-state index in [9.17, 15) is 9.59 Å². The van der Waals surface area contributed by atoms with Gasteiger partial charge in [-0.25, -0.2) is 4.98 Å². The molecule has 31 heavy (non-hydrogen) atoms. The Morgan fingerprint density at radius 1 is 1.06 bits per heavy atom. The Morgan fingerprint density at radius 3 is 2.48 bits per heavy atom. The van der Waals surface area contributed by atoms with Gasteiger partial charge in [-0.05, 0) is 50.5 Å². The average Bonchev–Trinajstić information content (AvgIpc) is 3.02. The first-order valence-corrected chi connectivity index (χ1v) is 11.6. The predicted octanol–water partition coefficient (Wildman–Crippen LogP) is 4.02. The lowest BCUT2D eigenvalue weighted by Crippen LogP contribution is -2.44. The van der Waals surface area contributed by atoms with Gasteiger partial charge in [0.05, 0.1) is 5.69 Å². The molecule has 166 valence electrons. The summed E-state index contributed by atoms with van der Waals surface area (Å²) in [4.78, 5) is 34.4. The molecule has 0 N–H and O–H groups in total. The van der Waals surface area contributed by atoms with Crippen LogP contribution in [-0.4, -0.2) is 52.8 Å². The molecular weight excluding hydrogens is 390 g/mol. The highest BCUT2D eigenvalue weighted by Gasteiger charge is 2.36. The van der Waals surface area contributed by atoms with Crippen LogP contribution >= 0.6 is 0 Å². The second kappa shape index (κ2) is 9.67. The summed E-state index contributed by atoms with van der Waals surface area (Å²) in [7, 11) is 0. The number of benzene rings is 1. The maximum absolute atomic E-state index is 13.4. The average molecular weight is 424 g/mol. The van der Waals surface area contributed by atoms with Crippen molar-refractivity contribution in [1.29, 1.82) is 0 Å². The van der Waals surface area contributed by atoms with Crippen LogP contribution in [0.4, 0.5) is 0 Å². The van der Waals surface area contributed by atoms with Crippen molar-refractivity contribution in [3.8, 4) is 0 Å². The predicted molar refractivity (Wildman–Crippen MR) is 119 cm³/mol. The van der Waals surface area contributed by atoms with Gasteiger partial charge in [0.25, 0.3) is 5.91 Å². The number of carbonyl (C=O) groups excluding carboxylic acids is 2. The summed E-state index contributed by atoms with van der Waals surface area (Å²) in [6, 6.07) is 10.4. The Balaban J connectivity index is 1.35. The van der Waals surface area contributed by atoms with Gasteiger partial charge in [-0.15, -0.1) is 0 Å². The molecule has 2 amide bonds. The van der Waals surface area contributed by atoms with Crippen LogP contribution in [-0.2, 0) is 11.2 Å². The molecule has 4 rings (SSSR count). The summed E-state index contributed by atoms with van der Waals surface area (Å²) >= 11 is 0. The van der Waals surface area contributed by atoms with E-state index >= 15 is 0 Å². The van der Waals surface area contributed by atoms with E-state index in [2.05, 4.69) is 34.1 Å². The fourth-order valence-corrected chi connectivity index (χ4v) is 5.08. The maximum atomic E-state index is 13.4. The molecule has 0 spiro atoms. The molecule has 2 aromatic rings. The summed E-state index contributed by atoms with van der Waals surface area (Å²) in [6.07, 6.45) is 5.82. The van der Waals surface area contributed by atoms with Crippen LogP contribution in [0.2, 0.25) is 0 Å². The molecule has 1 atom stereocenters. The minimum atomic E-state index is -0.0757. The molecule has 1 unspecified atom stereocenters. The highest BCUT2D eigenvalue weighted by molar-refractivity contribution is 5.92. The molecule has 2 fully saturated rings. The van der Waals surface area contributed by atoms with Crippen LogP contribution in [0.5, 0.6) is 0 Å². The van der Waals surface area contributed by atoms with Gasteiger partial charge in [-0.1, -0.05) is 36.8 Å². The number of aryl methyl sites for hydroxylation is 2. The maximum Gasteiger partial charge on any atom is 0.291 e. The normalized spacial score (nSPS) is 20.7. The van der Waals surface area contributed by atoms with Crippen molar-refractivity contribution in [2.75, 3.05) is 26.2 Å². The lowest BCUT2D eigenvalue weighted by atomic mass is 9.81. The van der Waals surface area contributed by atoms with Gasteiger partial charge in [-0.2, -0.15) is 0 Å². The minimum Gasteiger partial charge on any atom is -0.436 e. The Labute approximate surface area is 184 Å². The van der Waals surface area contributed by atoms with E-state index in [1.165, 1.54) is 5.56 Å². The van der Waals surface area contributed by atoms with E-state index in [1.54, 1.807) is 6.92 Å². The lowest BCUT2D eigenvalue weighted by molar-refractivity contribution is -0.137. The molecule has 6 heteroatoms. The topological polar surface area (TPSA) is 66.7 Å². The Bertz CT molecular complexity index is 900. The van der Waals surface area contributed by atoms with E-state index in [1.807, 2.05) is 17.9 Å². The molecule has 0 aliphatic carbocycles. The molecule has 1 aromatic heterocycles. The zero-order valence-corrected chi connectivity index (χ0v) is 18.7. The fraction of sp³-hybridized carbons (Fsp3) is 0.560. The van der Waals surface area contributed by atoms with Gasteiger partial charge >= 0.3 is 0 Å². The van der Waals surface area contributed by atoms with Gasteiger partial charge in [0.1, 0.15) is 0 Å². The first-order valence-electron chi connectivity index (χ1n) is 11.6. The number of hydrogen-bond acceptors (Lipinski definition) is 4. The molecule has 0 saturated carbocycles. The van der Waals surface area contributed by atoms with E-state index in [0.29, 0.717) is 42.3 Å². The summed E-state index contributed by atoms with van der Waals surface area (Å²) in [5.74, 6) is 1.56. The molecule has 0 bridgehead atoms. The number of hydrogen-bond donors (Lipinski definition) is 0. The third kappa shape index (κ3) is 5.00. The third-order valence-corrected chi connectivity index (χ3v) is 6.83. The summed E-state index contributed by atoms with van der Waals surface area (Å²) in [5, 5.41) is 0. The van der Waals surface area contributed by atoms with Crippen LogP contribution in [0, 0.1) is 25.7 Å². The first-order chi connectivity index (χ1) is 15.0. The molecule has 2 aliphatic heterocycles. The Kier molecular flexibility index (Phi) is 6.73. The first kappa shape index (κ1) is 21.6. The quantitative estimate of drug-likeness (QED) is 0.729. The van der Waals surface area contributed by atoms with Gasteiger partial charge in [0.2, 0.25) is 11.7 Å². The number of rotatable bonds is 5. The molecule has 2 saturated heterocycles. The zero-order chi connectivity index (χ0) is 21.8. The summed E-state index contributed by atoms with van der Waals surface area (Å²) in [5.41, 5.74) is 1.93. The van der Waals surface area contributed by atoms with Crippen LogP contribution in [0.15, 0.2) is 34.7 Å². The van der Waals surface area contributed by atoms with Crippen molar-refractivity contribution >= 4 is 11.8 Å². The summed E-state index contributed by atoms with van der Waals surface area (Å²) in [6.45, 7) is 6.58. The highest BCUT2D eigenvalue weighted by atomic mass is 16.4. The number of oxazole rings is 1. The molecule has 2 aliphatic rings. The molecule has 1 aromatic carbocycles. The number of likely N-dealkylation sites (tertiary alicyclic amines) is 2. The largest absolute Gasteiger partial charge is 0.436 e. The van der Waals surface area contributed by atoms with E-state index in [-0.39, 0.29) is 11.8 Å². The van der Waals surface area contributed by atoms with Crippen LogP contribution < -0.4 is 0 Å². The highest BCUT2D eigenvalue weighted by Crippen LogP contribution is 2.33. The molecule has 3 heterocycles. The van der Waals surface area contributed by atoms with Crippen LogP contribution in [0.1, 0.15) is 59.8 Å². The molecule has 0 radical (unpaired) electrons. The number of aromatic nitrogens is 1. The van der Waals surface area contributed by atoms with Crippen molar-refractivity contribution in [2.45, 2.75) is 52.4 Å². The molecular formula is C25H33N3O3. The van der Waals surface area contributed by atoms with Crippen LogP contribution in [0.25, 0.3) is 0 Å². The van der Waals surface area contributed by atoms with E-state index in [4.69, 9.17) is 4.42 Å². The second-order valence-electron chi connectivity index (χ2n) is 8.94. The SMILES string of the molecule is Cc1nc(C)c(C(=O)N2CCC(C3CCCCN(CCc4ccccc4)C3=O)CC2)o1. The molecule has 6 nitrogen and oxygen atoms in total. The number of piperidine rings is 1. The lowest BCUT2D eigenvalue weighted by Gasteiger charge is -2.36. The van der Waals surface area contributed by atoms with E-state index < -0.39 is 0 Å². The van der Waals surface area contributed by atoms with Gasteiger partial charge < -0.3 is 14.2 Å². The van der Waals surface area contributed by atoms with Crippen molar-refractivity contribution in [1.82, 2.24) is 14.8 Å². The number of carbonyl (C=O) groups is 2. The minimum absolute atomic E-state index is 0.0757. The standard InChI is InChI=1S/C25H33N3O3/c1-18-23(31-19(2)26-18)25(30)28-16-12-21(13-17-28)22-10-6-7-14-27(24(22)29)15-11-20-8-4-3-5-9-20/h3-5,8-9,21-22H,6-7,10-17H2,1-2H3. The second-order valence-corrected chi connectivity index (χ2v) is 8.94. The number of amides is 2. The van der Waals surface area contributed by atoms with Crippen molar-refractivity contribution in [2.24, 2.45) is 11.8 Å². The van der Waals surface area contributed by atoms with Crippen molar-refractivity contribution in [3.63, 3.8) is 0 Å². The van der Waals surface area contributed by atoms with Crippen molar-refractivity contribution in [3.05, 3.63) is 53.2 Å².